The van der Waals surface area contributed by atoms with Gasteiger partial charge in [0.1, 0.15) is 5.75 Å². The standard InChI is InChI=1S/C17H14ClN3O3S/c1-23-14-8-5-11(18)9-13(14)15(22)19-17-21-20-16(24-17)10-3-6-12(25-2)7-4-10/h3-9H,1-2H3,(H,19,21,22). The van der Waals surface area contributed by atoms with Gasteiger partial charge in [-0.2, -0.15) is 0 Å². The number of nitrogens with one attached hydrogen (secondary N) is 1. The molecule has 0 aliphatic heterocycles. The summed E-state index contributed by atoms with van der Waals surface area (Å²) < 4.78 is 10.7. The Morgan fingerprint density at radius 3 is 2.64 bits per heavy atom. The number of halogens is 1. The molecule has 0 atom stereocenters. The molecule has 1 heterocycles. The van der Waals surface area contributed by atoms with E-state index >= 15 is 0 Å². The first-order valence-electron chi connectivity index (χ1n) is 7.23. The fourth-order valence-electron chi connectivity index (χ4n) is 2.15. The van der Waals surface area contributed by atoms with Gasteiger partial charge in [-0.3, -0.25) is 10.1 Å². The Balaban J connectivity index is 1.79. The van der Waals surface area contributed by atoms with E-state index in [2.05, 4.69) is 15.5 Å². The van der Waals surface area contributed by atoms with Crippen LogP contribution in [0, 0.1) is 0 Å². The largest absolute Gasteiger partial charge is 0.496 e. The molecule has 0 spiro atoms. The Morgan fingerprint density at radius 2 is 1.96 bits per heavy atom. The smallest absolute Gasteiger partial charge is 0.322 e. The molecular formula is C17H14ClN3O3S. The van der Waals surface area contributed by atoms with Gasteiger partial charge in [-0.05, 0) is 48.7 Å². The number of hydrogen-bond acceptors (Lipinski definition) is 6. The van der Waals surface area contributed by atoms with Gasteiger partial charge >= 0.3 is 6.01 Å². The predicted molar refractivity (Wildman–Crippen MR) is 97.5 cm³/mol. The summed E-state index contributed by atoms with van der Waals surface area (Å²) in [6, 6.07) is 12.4. The topological polar surface area (TPSA) is 77.2 Å². The molecule has 1 aromatic heterocycles. The number of thioether (sulfide) groups is 1. The highest BCUT2D eigenvalue weighted by molar-refractivity contribution is 7.98. The van der Waals surface area contributed by atoms with Crippen molar-refractivity contribution in [1.82, 2.24) is 10.2 Å². The lowest BCUT2D eigenvalue weighted by Gasteiger charge is -2.07. The van der Waals surface area contributed by atoms with Crippen LogP contribution in [0.4, 0.5) is 6.01 Å². The molecule has 2 aromatic carbocycles. The van der Waals surface area contributed by atoms with Crippen molar-refractivity contribution >= 4 is 35.3 Å². The minimum Gasteiger partial charge on any atom is -0.496 e. The van der Waals surface area contributed by atoms with Crippen molar-refractivity contribution in [3.05, 3.63) is 53.1 Å². The van der Waals surface area contributed by atoms with Gasteiger partial charge < -0.3 is 9.15 Å². The Hall–Kier alpha value is -2.51. The zero-order valence-corrected chi connectivity index (χ0v) is 15.0. The van der Waals surface area contributed by atoms with E-state index in [1.54, 1.807) is 23.9 Å². The molecule has 0 saturated carbocycles. The molecule has 3 rings (SSSR count). The molecule has 8 heteroatoms. The summed E-state index contributed by atoms with van der Waals surface area (Å²) in [5.74, 6) is 0.266. The van der Waals surface area contributed by atoms with Crippen LogP contribution in [0.2, 0.25) is 5.02 Å². The van der Waals surface area contributed by atoms with E-state index < -0.39 is 5.91 Å². The molecule has 1 N–H and O–H groups in total. The minimum atomic E-state index is -0.452. The van der Waals surface area contributed by atoms with Gasteiger partial charge in [-0.25, -0.2) is 0 Å². The summed E-state index contributed by atoms with van der Waals surface area (Å²) in [6.45, 7) is 0. The van der Waals surface area contributed by atoms with Crippen LogP contribution in [0.25, 0.3) is 11.5 Å². The minimum absolute atomic E-state index is 0.00373. The zero-order chi connectivity index (χ0) is 17.8. The highest BCUT2D eigenvalue weighted by atomic mass is 35.5. The van der Waals surface area contributed by atoms with Crippen LogP contribution < -0.4 is 10.1 Å². The number of rotatable bonds is 5. The van der Waals surface area contributed by atoms with E-state index in [4.69, 9.17) is 20.8 Å². The molecule has 0 bridgehead atoms. The van der Waals surface area contributed by atoms with Crippen LogP contribution in [0.15, 0.2) is 51.8 Å². The van der Waals surface area contributed by atoms with Crippen molar-refractivity contribution in [3.8, 4) is 17.2 Å². The van der Waals surface area contributed by atoms with Gasteiger partial charge in [-0.1, -0.05) is 16.7 Å². The van der Waals surface area contributed by atoms with Crippen LogP contribution in [0.3, 0.4) is 0 Å². The van der Waals surface area contributed by atoms with Gasteiger partial charge in [0.25, 0.3) is 5.91 Å². The maximum absolute atomic E-state index is 12.4. The second-order valence-electron chi connectivity index (χ2n) is 4.94. The number of carbonyl (C=O) groups is 1. The maximum Gasteiger partial charge on any atom is 0.322 e. The van der Waals surface area contributed by atoms with Gasteiger partial charge in [-0.15, -0.1) is 16.9 Å². The normalized spacial score (nSPS) is 10.5. The van der Waals surface area contributed by atoms with Crippen molar-refractivity contribution in [2.45, 2.75) is 4.90 Å². The lowest BCUT2D eigenvalue weighted by atomic mass is 10.2. The van der Waals surface area contributed by atoms with E-state index in [9.17, 15) is 4.79 Å². The highest BCUT2D eigenvalue weighted by Gasteiger charge is 2.16. The Morgan fingerprint density at radius 1 is 1.20 bits per heavy atom. The molecular weight excluding hydrogens is 362 g/mol. The molecule has 0 radical (unpaired) electrons. The average molecular weight is 376 g/mol. The molecule has 25 heavy (non-hydrogen) atoms. The van der Waals surface area contributed by atoms with Crippen molar-refractivity contribution < 1.29 is 13.9 Å². The number of amides is 1. The summed E-state index contributed by atoms with van der Waals surface area (Å²) in [4.78, 5) is 13.5. The maximum atomic E-state index is 12.4. The molecule has 6 nitrogen and oxygen atoms in total. The number of anilines is 1. The van der Waals surface area contributed by atoms with Gasteiger partial charge in [0.15, 0.2) is 0 Å². The van der Waals surface area contributed by atoms with E-state index in [-0.39, 0.29) is 11.6 Å². The Bertz CT molecular complexity index is 896. The van der Waals surface area contributed by atoms with Crippen LogP contribution in [-0.4, -0.2) is 29.5 Å². The third-order valence-electron chi connectivity index (χ3n) is 3.39. The SMILES string of the molecule is COc1ccc(Cl)cc1C(=O)Nc1nnc(-c2ccc(SC)cc2)o1. The van der Waals surface area contributed by atoms with Crippen LogP contribution in [0.5, 0.6) is 5.75 Å². The van der Waals surface area contributed by atoms with Crippen LogP contribution in [0.1, 0.15) is 10.4 Å². The highest BCUT2D eigenvalue weighted by Crippen LogP contribution is 2.25. The fraction of sp³-hybridized carbons (Fsp3) is 0.118. The van der Waals surface area contributed by atoms with Crippen LogP contribution in [-0.2, 0) is 0 Å². The number of methoxy groups -OCH3 is 1. The van der Waals surface area contributed by atoms with E-state index in [1.807, 2.05) is 30.5 Å². The Kier molecular flexibility index (Phi) is 5.25. The van der Waals surface area contributed by atoms with Crippen molar-refractivity contribution in [2.75, 3.05) is 18.7 Å². The first-order valence-corrected chi connectivity index (χ1v) is 8.84. The third-order valence-corrected chi connectivity index (χ3v) is 4.37. The molecule has 0 fully saturated rings. The number of aromatic nitrogens is 2. The number of carbonyl (C=O) groups excluding carboxylic acids is 1. The molecule has 0 aliphatic carbocycles. The van der Waals surface area contributed by atoms with Gasteiger partial charge in [0.2, 0.25) is 5.89 Å². The molecule has 128 valence electrons. The molecule has 0 aliphatic rings. The van der Waals surface area contributed by atoms with Crippen LogP contribution >= 0.6 is 23.4 Å². The quantitative estimate of drug-likeness (QED) is 0.667. The second-order valence-corrected chi connectivity index (χ2v) is 6.26. The molecule has 0 unspecified atom stereocenters. The summed E-state index contributed by atoms with van der Waals surface area (Å²) in [5, 5.41) is 10.8. The van der Waals surface area contributed by atoms with E-state index in [0.717, 1.165) is 10.5 Å². The van der Waals surface area contributed by atoms with Crippen molar-refractivity contribution in [3.63, 3.8) is 0 Å². The average Bonchev–Trinajstić information content (AvgIpc) is 3.10. The van der Waals surface area contributed by atoms with Crippen molar-refractivity contribution in [2.24, 2.45) is 0 Å². The summed E-state index contributed by atoms with van der Waals surface area (Å²) in [6.07, 6.45) is 2.00. The number of ether oxygens (including phenoxy) is 1. The van der Waals surface area contributed by atoms with E-state index in [0.29, 0.717) is 16.7 Å². The lowest BCUT2D eigenvalue weighted by Crippen LogP contribution is -2.13. The predicted octanol–water partition coefficient (Wildman–Crippen LogP) is 4.37. The molecule has 1 amide bonds. The summed E-state index contributed by atoms with van der Waals surface area (Å²) in [7, 11) is 1.48. The van der Waals surface area contributed by atoms with Gasteiger partial charge in [0.05, 0.1) is 12.7 Å². The van der Waals surface area contributed by atoms with Crippen molar-refractivity contribution in [1.29, 1.82) is 0 Å². The number of hydrogen-bond donors (Lipinski definition) is 1. The fourth-order valence-corrected chi connectivity index (χ4v) is 2.73. The van der Waals surface area contributed by atoms with E-state index in [1.165, 1.54) is 13.2 Å². The third kappa shape index (κ3) is 3.94. The van der Waals surface area contributed by atoms with Gasteiger partial charge in [0, 0.05) is 15.5 Å². The first-order chi connectivity index (χ1) is 12.1. The molecule has 3 aromatic rings. The number of nitrogens with zero attached hydrogens (tertiary/aromatic N) is 2. The zero-order valence-electron chi connectivity index (χ0n) is 13.4. The summed E-state index contributed by atoms with van der Waals surface area (Å²) in [5.41, 5.74) is 1.05. The summed E-state index contributed by atoms with van der Waals surface area (Å²) >= 11 is 7.58. The monoisotopic (exact) mass is 375 g/mol. The second kappa shape index (κ2) is 7.58. The number of benzene rings is 2. The first kappa shape index (κ1) is 17.3. The lowest BCUT2D eigenvalue weighted by molar-refractivity contribution is 0.102. The molecule has 0 saturated heterocycles. The Labute approximate surface area is 153 Å².